The molecule has 4 aromatic carbocycles. The van der Waals surface area contributed by atoms with E-state index in [2.05, 4.69) is 71.2 Å². The highest BCUT2D eigenvalue weighted by Gasteiger charge is 2.25. The quantitative estimate of drug-likeness (QED) is 0.0585. The monoisotopic (exact) mass is 742 g/mol. The highest BCUT2D eigenvalue weighted by atomic mass is 16.5. The van der Waals surface area contributed by atoms with Crippen LogP contribution in [0, 0.1) is 5.41 Å². The minimum atomic E-state index is -0.807. The smallest absolute Gasteiger partial charge is 0.139 e. The van der Waals surface area contributed by atoms with Gasteiger partial charge in [-0.2, -0.15) is 0 Å². The normalized spacial score (nSPS) is 13.9. The number of ether oxygens (including phenoxy) is 4. The van der Waals surface area contributed by atoms with E-state index >= 15 is 0 Å². The molecule has 0 spiro atoms. The van der Waals surface area contributed by atoms with Crippen molar-refractivity contribution in [3.05, 3.63) is 119 Å². The van der Waals surface area contributed by atoms with Gasteiger partial charge in [-0.15, -0.1) is 0 Å². The summed E-state index contributed by atoms with van der Waals surface area (Å²) in [5.41, 5.74) is 4.16. The van der Waals surface area contributed by atoms with Crippen LogP contribution in [0.4, 0.5) is 0 Å². The number of likely N-dealkylation sites (N-methyl/N-ethyl adjacent to an activating group) is 1. The summed E-state index contributed by atoms with van der Waals surface area (Å²) in [5, 5.41) is 36.9. The van der Waals surface area contributed by atoms with Gasteiger partial charge in [0.25, 0.3) is 0 Å². The van der Waals surface area contributed by atoms with Gasteiger partial charge in [0.2, 0.25) is 0 Å². The third kappa shape index (κ3) is 13.0. The van der Waals surface area contributed by atoms with Crippen molar-refractivity contribution >= 4 is 0 Å². The highest BCUT2D eigenvalue weighted by Crippen LogP contribution is 2.35. The number of nitrogens with one attached hydrogen (secondary N) is 2. The maximum absolute atomic E-state index is 10.6. The molecule has 0 aliphatic rings. The molecule has 294 valence electrons. The molecule has 0 aliphatic heterocycles. The van der Waals surface area contributed by atoms with Crippen LogP contribution in [0.25, 0.3) is 0 Å². The van der Waals surface area contributed by atoms with Crippen LogP contribution in [0.2, 0.25) is 0 Å². The van der Waals surface area contributed by atoms with E-state index in [4.69, 9.17) is 18.9 Å². The van der Waals surface area contributed by atoms with E-state index in [9.17, 15) is 15.3 Å². The van der Waals surface area contributed by atoms with Crippen LogP contribution in [-0.4, -0.2) is 79.8 Å². The van der Waals surface area contributed by atoms with Gasteiger partial charge in [0.15, 0.2) is 0 Å². The van der Waals surface area contributed by atoms with Crippen molar-refractivity contribution in [1.29, 1.82) is 0 Å². The Labute approximate surface area is 322 Å². The number of aliphatic hydroxyl groups is 3. The van der Waals surface area contributed by atoms with Gasteiger partial charge in [0.1, 0.15) is 67.9 Å². The summed E-state index contributed by atoms with van der Waals surface area (Å²) in [6.07, 6.45) is -2.09. The molecule has 3 atom stereocenters. The summed E-state index contributed by atoms with van der Waals surface area (Å²) in [6, 6.07) is 31.8. The average Bonchev–Trinajstić information content (AvgIpc) is 3.15. The van der Waals surface area contributed by atoms with Gasteiger partial charge in [-0.3, -0.25) is 5.32 Å². The second kappa shape index (κ2) is 19.5. The minimum Gasteiger partial charge on any atom is -0.491 e. The molecule has 0 saturated heterocycles. The van der Waals surface area contributed by atoms with Crippen molar-refractivity contribution in [2.75, 3.05) is 46.1 Å². The lowest BCUT2D eigenvalue weighted by molar-refractivity contribution is 0.0626. The lowest BCUT2D eigenvalue weighted by Gasteiger charge is -2.27. The van der Waals surface area contributed by atoms with Crippen molar-refractivity contribution in [3.8, 4) is 23.0 Å². The summed E-state index contributed by atoms with van der Waals surface area (Å²) < 4.78 is 23.3. The highest BCUT2D eigenvalue weighted by molar-refractivity contribution is 5.43. The van der Waals surface area contributed by atoms with Crippen molar-refractivity contribution in [2.45, 2.75) is 84.7 Å². The molecule has 0 bridgehead atoms. The van der Waals surface area contributed by atoms with Crippen LogP contribution < -0.4 is 29.6 Å². The number of hydrogen-bond donors (Lipinski definition) is 5. The standard InChI is InChI=1S/C45H62N2O7/c1-9-47-42(50)30-54-41-24-16-35(17-25-41)45(7,8)34-14-22-40(23-15-34)53-29-37(49)28-52-39-20-12-33(13-21-39)44(5,6)32-10-18-38(19-11-32)51-27-36(48)26-46-31-43(2,3)4/h10-25,36-37,42,46-50H,9,26-31H2,1-8H3. The van der Waals surface area contributed by atoms with Crippen molar-refractivity contribution in [3.63, 3.8) is 0 Å². The Balaban J connectivity index is 1.20. The summed E-state index contributed by atoms with van der Waals surface area (Å²) in [4.78, 5) is 0. The van der Waals surface area contributed by atoms with Crippen molar-refractivity contribution < 1.29 is 34.3 Å². The van der Waals surface area contributed by atoms with Crippen LogP contribution in [0.15, 0.2) is 97.1 Å². The Morgan fingerprint density at radius 2 is 0.796 bits per heavy atom. The summed E-state index contributed by atoms with van der Waals surface area (Å²) >= 11 is 0. The first-order valence-electron chi connectivity index (χ1n) is 19.0. The maximum atomic E-state index is 10.6. The van der Waals surface area contributed by atoms with Crippen molar-refractivity contribution in [1.82, 2.24) is 10.6 Å². The molecule has 0 fully saturated rings. The number of aliphatic hydroxyl groups excluding tert-OH is 3. The molecule has 0 saturated carbocycles. The Morgan fingerprint density at radius 1 is 0.481 bits per heavy atom. The number of rotatable bonds is 21. The van der Waals surface area contributed by atoms with Gasteiger partial charge in [-0.25, -0.2) is 0 Å². The van der Waals surface area contributed by atoms with Gasteiger partial charge in [-0.1, -0.05) is 104 Å². The zero-order chi connectivity index (χ0) is 39.4. The maximum Gasteiger partial charge on any atom is 0.139 e. The van der Waals surface area contributed by atoms with Crippen molar-refractivity contribution in [2.24, 2.45) is 5.41 Å². The lowest BCUT2D eigenvalue weighted by Crippen LogP contribution is -2.36. The molecule has 9 nitrogen and oxygen atoms in total. The van der Waals surface area contributed by atoms with E-state index in [1.807, 2.05) is 91.9 Å². The second-order valence-corrected chi connectivity index (χ2v) is 16.2. The number of hydrogen-bond acceptors (Lipinski definition) is 9. The summed E-state index contributed by atoms with van der Waals surface area (Å²) in [6.45, 7) is 19.7. The first-order chi connectivity index (χ1) is 25.6. The van der Waals surface area contributed by atoms with Gasteiger partial charge in [0.05, 0.1) is 0 Å². The molecule has 0 aromatic heterocycles. The first kappa shape index (κ1) is 42.6. The SMILES string of the molecule is CCNC(O)COc1ccc(C(C)(C)c2ccc(OCC(O)COc3ccc(C(C)(C)c4ccc(OCC(O)CNCC(C)(C)C)cc4)cc3)cc2)cc1. The van der Waals surface area contributed by atoms with E-state index < -0.39 is 18.4 Å². The molecular formula is C45H62N2O7. The molecule has 0 amide bonds. The Kier molecular flexibility index (Phi) is 15.4. The molecule has 4 aromatic rings. The molecular weight excluding hydrogens is 681 g/mol. The van der Waals surface area contributed by atoms with Gasteiger partial charge in [0, 0.05) is 23.9 Å². The van der Waals surface area contributed by atoms with Gasteiger partial charge < -0.3 is 39.6 Å². The zero-order valence-corrected chi connectivity index (χ0v) is 33.4. The molecule has 9 heteroatoms. The van der Waals surface area contributed by atoms with Crippen LogP contribution in [-0.2, 0) is 10.8 Å². The molecule has 4 rings (SSSR count). The predicted molar refractivity (Wildman–Crippen MR) is 216 cm³/mol. The fraction of sp³-hybridized carbons (Fsp3) is 0.467. The fourth-order valence-electron chi connectivity index (χ4n) is 5.97. The topological polar surface area (TPSA) is 122 Å². The van der Waals surface area contributed by atoms with Crippen LogP contribution in [0.5, 0.6) is 23.0 Å². The minimum absolute atomic E-state index is 0.102. The fourth-order valence-corrected chi connectivity index (χ4v) is 5.97. The van der Waals surface area contributed by atoms with Crippen LogP contribution in [0.1, 0.15) is 77.6 Å². The Bertz CT molecular complexity index is 1670. The molecule has 0 heterocycles. The van der Waals surface area contributed by atoms with Crippen LogP contribution >= 0.6 is 0 Å². The number of benzene rings is 4. The van der Waals surface area contributed by atoms with E-state index in [0.717, 1.165) is 34.5 Å². The molecule has 0 aliphatic carbocycles. The van der Waals surface area contributed by atoms with Gasteiger partial charge >= 0.3 is 0 Å². The van der Waals surface area contributed by atoms with E-state index in [1.54, 1.807) is 0 Å². The zero-order valence-electron chi connectivity index (χ0n) is 33.4. The second-order valence-electron chi connectivity index (χ2n) is 16.2. The third-order valence-electron chi connectivity index (χ3n) is 9.51. The summed E-state index contributed by atoms with van der Waals surface area (Å²) in [7, 11) is 0. The Morgan fingerprint density at radius 3 is 1.11 bits per heavy atom. The van der Waals surface area contributed by atoms with E-state index in [1.165, 1.54) is 0 Å². The average molecular weight is 743 g/mol. The van der Waals surface area contributed by atoms with E-state index in [-0.39, 0.29) is 42.7 Å². The Hall–Kier alpha value is -4.12. The predicted octanol–water partition coefficient (Wildman–Crippen LogP) is 6.84. The lowest BCUT2D eigenvalue weighted by atomic mass is 9.78. The molecule has 0 radical (unpaired) electrons. The van der Waals surface area contributed by atoms with E-state index in [0.29, 0.717) is 30.3 Å². The first-order valence-corrected chi connectivity index (χ1v) is 19.0. The van der Waals surface area contributed by atoms with Gasteiger partial charge in [-0.05, 0) is 82.7 Å². The molecule has 5 N–H and O–H groups in total. The summed E-state index contributed by atoms with van der Waals surface area (Å²) in [5.74, 6) is 2.77. The largest absolute Gasteiger partial charge is 0.491 e. The molecule has 3 unspecified atom stereocenters. The van der Waals surface area contributed by atoms with Crippen LogP contribution in [0.3, 0.4) is 0 Å². The third-order valence-corrected chi connectivity index (χ3v) is 9.51. The molecule has 54 heavy (non-hydrogen) atoms.